The molecule has 6 aromatic rings. The molecule has 0 atom stereocenters. The molecule has 0 saturated heterocycles. The second kappa shape index (κ2) is 7.74. The fourth-order valence-electron chi connectivity index (χ4n) is 4.14. The SMILES string of the molecule is Cc1ccc(Cn2cnc3c(c2=O)c2nc4ccccc4nc2n3-c2ccc(F)c(Cl)c2)cc1. The minimum absolute atomic E-state index is 0.0334. The summed E-state index contributed by atoms with van der Waals surface area (Å²) in [5.74, 6) is -0.531. The van der Waals surface area contributed by atoms with Gasteiger partial charge in [0.2, 0.25) is 0 Å². The van der Waals surface area contributed by atoms with Crippen LogP contribution < -0.4 is 5.56 Å². The van der Waals surface area contributed by atoms with Gasteiger partial charge in [0.15, 0.2) is 11.3 Å². The van der Waals surface area contributed by atoms with E-state index in [1.807, 2.05) is 55.5 Å². The first-order valence-corrected chi connectivity index (χ1v) is 11.0. The van der Waals surface area contributed by atoms with Gasteiger partial charge in [-0.1, -0.05) is 53.6 Å². The van der Waals surface area contributed by atoms with E-state index in [0.717, 1.165) is 11.1 Å². The van der Waals surface area contributed by atoms with Crippen molar-refractivity contribution in [2.75, 3.05) is 0 Å². The van der Waals surface area contributed by atoms with Crippen LogP contribution in [0.2, 0.25) is 5.02 Å². The third-order valence-corrected chi connectivity index (χ3v) is 6.15. The molecule has 0 saturated carbocycles. The second-order valence-corrected chi connectivity index (χ2v) is 8.59. The average Bonchev–Trinajstić information content (AvgIpc) is 3.16. The largest absolute Gasteiger partial charge is 0.294 e. The van der Waals surface area contributed by atoms with E-state index in [4.69, 9.17) is 21.6 Å². The first kappa shape index (κ1) is 20.5. The van der Waals surface area contributed by atoms with Crippen molar-refractivity contribution in [2.45, 2.75) is 13.5 Å². The lowest BCUT2D eigenvalue weighted by atomic mass is 10.1. The van der Waals surface area contributed by atoms with E-state index in [-0.39, 0.29) is 10.6 Å². The molecule has 0 aliphatic carbocycles. The summed E-state index contributed by atoms with van der Waals surface area (Å²) in [6.07, 6.45) is 1.52. The van der Waals surface area contributed by atoms with E-state index in [1.54, 1.807) is 15.2 Å². The van der Waals surface area contributed by atoms with Crippen LogP contribution in [0.1, 0.15) is 11.1 Å². The van der Waals surface area contributed by atoms with Gasteiger partial charge in [-0.05, 0) is 42.8 Å². The molecule has 0 N–H and O–H groups in total. The number of halogens is 2. The van der Waals surface area contributed by atoms with Crippen molar-refractivity contribution >= 4 is 44.8 Å². The van der Waals surface area contributed by atoms with Crippen molar-refractivity contribution < 1.29 is 4.39 Å². The van der Waals surface area contributed by atoms with Crippen LogP contribution in [0.5, 0.6) is 0 Å². The fraction of sp³-hybridized carbons (Fsp3) is 0.0769. The monoisotopic (exact) mass is 469 g/mol. The molecular weight excluding hydrogens is 453 g/mol. The topological polar surface area (TPSA) is 65.6 Å². The Balaban J connectivity index is 1.67. The Bertz CT molecular complexity index is 1790. The molecule has 0 spiro atoms. The Labute approximate surface area is 197 Å². The molecule has 0 aliphatic heterocycles. The second-order valence-electron chi connectivity index (χ2n) is 8.18. The number of nitrogens with zero attached hydrogens (tertiary/aromatic N) is 5. The molecule has 166 valence electrons. The van der Waals surface area contributed by atoms with E-state index in [9.17, 15) is 9.18 Å². The molecule has 0 amide bonds. The van der Waals surface area contributed by atoms with Gasteiger partial charge in [0.05, 0.1) is 28.3 Å². The highest BCUT2D eigenvalue weighted by atomic mass is 35.5. The Morgan fingerprint density at radius 3 is 2.41 bits per heavy atom. The lowest BCUT2D eigenvalue weighted by molar-refractivity contribution is 0.628. The van der Waals surface area contributed by atoms with Gasteiger partial charge >= 0.3 is 0 Å². The number of aryl methyl sites for hydroxylation is 1. The lowest BCUT2D eigenvalue weighted by Crippen LogP contribution is -2.21. The molecular formula is C26H17ClFN5O. The van der Waals surface area contributed by atoms with Crippen molar-refractivity contribution in [3.63, 3.8) is 0 Å². The lowest BCUT2D eigenvalue weighted by Gasteiger charge is -2.09. The Morgan fingerprint density at radius 1 is 0.941 bits per heavy atom. The van der Waals surface area contributed by atoms with Gasteiger partial charge in [-0.2, -0.15) is 0 Å². The van der Waals surface area contributed by atoms with Crippen LogP contribution in [0.3, 0.4) is 0 Å². The van der Waals surface area contributed by atoms with Gasteiger partial charge in [0.25, 0.3) is 5.56 Å². The third-order valence-electron chi connectivity index (χ3n) is 5.87. The van der Waals surface area contributed by atoms with Crippen molar-refractivity contribution in [1.29, 1.82) is 0 Å². The number of rotatable bonds is 3. The molecule has 3 aromatic heterocycles. The number of benzene rings is 3. The van der Waals surface area contributed by atoms with E-state index in [1.165, 1.54) is 18.5 Å². The minimum atomic E-state index is -0.531. The molecule has 8 heteroatoms. The maximum absolute atomic E-state index is 13.9. The summed E-state index contributed by atoms with van der Waals surface area (Å²) in [5, 5.41) is 0.317. The van der Waals surface area contributed by atoms with Gasteiger partial charge in [-0.25, -0.2) is 19.3 Å². The summed E-state index contributed by atoms with van der Waals surface area (Å²) < 4.78 is 17.1. The number of hydrogen-bond acceptors (Lipinski definition) is 4. The van der Waals surface area contributed by atoms with Crippen LogP contribution in [0.4, 0.5) is 4.39 Å². The summed E-state index contributed by atoms with van der Waals surface area (Å²) in [6, 6.07) is 19.8. The van der Waals surface area contributed by atoms with Crippen molar-refractivity contribution in [3.05, 3.63) is 105 Å². The third kappa shape index (κ3) is 3.24. The summed E-state index contributed by atoms with van der Waals surface area (Å²) in [5.41, 5.74) is 5.06. The van der Waals surface area contributed by atoms with Crippen LogP contribution in [-0.2, 0) is 6.54 Å². The zero-order valence-corrected chi connectivity index (χ0v) is 18.8. The molecule has 0 aliphatic rings. The summed E-state index contributed by atoms with van der Waals surface area (Å²) in [7, 11) is 0. The van der Waals surface area contributed by atoms with Crippen LogP contribution in [-0.4, -0.2) is 24.1 Å². The number of hydrogen-bond donors (Lipinski definition) is 0. The van der Waals surface area contributed by atoms with Crippen LogP contribution in [0.25, 0.3) is 38.9 Å². The van der Waals surface area contributed by atoms with Gasteiger partial charge in [0, 0.05) is 0 Å². The smallest absolute Gasteiger partial charge is 0.265 e. The highest BCUT2D eigenvalue weighted by Crippen LogP contribution is 2.29. The molecule has 34 heavy (non-hydrogen) atoms. The molecule has 0 radical (unpaired) electrons. The van der Waals surface area contributed by atoms with Crippen LogP contribution >= 0.6 is 11.6 Å². The first-order valence-electron chi connectivity index (χ1n) is 10.7. The van der Waals surface area contributed by atoms with Gasteiger partial charge < -0.3 is 0 Å². The summed E-state index contributed by atoms with van der Waals surface area (Å²) in [6.45, 7) is 2.39. The predicted octanol–water partition coefficient (Wildman–Crippen LogP) is 5.43. The van der Waals surface area contributed by atoms with Crippen LogP contribution in [0.15, 0.2) is 77.9 Å². The van der Waals surface area contributed by atoms with E-state index in [0.29, 0.717) is 45.5 Å². The van der Waals surface area contributed by atoms with E-state index in [2.05, 4.69) is 4.98 Å². The normalized spacial score (nSPS) is 11.6. The fourth-order valence-corrected chi connectivity index (χ4v) is 4.32. The summed E-state index contributed by atoms with van der Waals surface area (Å²) in [4.78, 5) is 27.8. The molecule has 0 unspecified atom stereocenters. The Kier molecular flexibility index (Phi) is 4.67. The molecule has 6 rings (SSSR count). The number of aromatic nitrogens is 5. The Hall–Kier alpha value is -4.10. The zero-order chi connectivity index (χ0) is 23.4. The van der Waals surface area contributed by atoms with Gasteiger partial charge in [-0.15, -0.1) is 0 Å². The van der Waals surface area contributed by atoms with Crippen molar-refractivity contribution in [1.82, 2.24) is 24.1 Å². The van der Waals surface area contributed by atoms with Crippen LogP contribution in [0, 0.1) is 12.7 Å². The van der Waals surface area contributed by atoms with E-state index >= 15 is 0 Å². The average molecular weight is 470 g/mol. The zero-order valence-electron chi connectivity index (χ0n) is 18.0. The molecule has 3 heterocycles. The highest BCUT2D eigenvalue weighted by Gasteiger charge is 2.21. The van der Waals surface area contributed by atoms with E-state index < -0.39 is 5.82 Å². The quantitative estimate of drug-likeness (QED) is 0.346. The number of fused-ring (bicyclic) bond motifs is 4. The minimum Gasteiger partial charge on any atom is -0.294 e. The molecule has 6 nitrogen and oxygen atoms in total. The molecule has 0 fully saturated rings. The standard InChI is InChI=1S/C26H17ClFN5O/c1-15-6-8-16(9-7-15)13-32-14-29-24-22(26(32)34)23-25(31-21-5-3-2-4-20(21)30-23)33(24)17-10-11-19(28)18(27)12-17/h2-12,14H,13H2,1H3. The maximum Gasteiger partial charge on any atom is 0.265 e. The van der Waals surface area contributed by atoms with Crippen molar-refractivity contribution in [2.24, 2.45) is 0 Å². The van der Waals surface area contributed by atoms with Crippen molar-refractivity contribution in [3.8, 4) is 5.69 Å². The molecule has 0 bridgehead atoms. The van der Waals surface area contributed by atoms with Gasteiger partial charge in [-0.3, -0.25) is 13.9 Å². The summed E-state index contributed by atoms with van der Waals surface area (Å²) >= 11 is 6.08. The number of para-hydroxylation sites is 2. The van der Waals surface area contributed by atoms with Gasteiger partial charge in [0.1, 0.15) is 23.0 Å². The predicted molar refractivity (Wildman–Crippen MR) is 131 cm³/mol. The Morgan fingerprint density at radius 2 is 1.68 bits per heavy atom. The molecule has 3 aromatic carbocycles. The maximum atomic E-state index is 13.9. The highest BCUT2D eigenvalue weighted by molar-refractivity contribution is 6.31. The first-order chi connectivity index (χ1) is 16.5.